The van der Waals surface area contributed by atoms with Crippen molar-refractivity contribution in [1.29, 1.82) is 0 Å². The molecule has 1 N–H and O–H groups in total. The van der Waals surface area contributed by atoms with Gasteiger partial charge in [-0.1, -0.05) is 12.5 Å². The molecule has 8 heteroatoms. The summed E-state index contributed by atoms with van der Waals surface area (Å²) in [5.41, 5.74) is -0.0640. The first-order chi connectivity index (χ1) is 18.4. The number of hydrogen-bond donors (Lipinski definition) is 1. The Morgan fingerprint density at radius 2 is 1.90 bits per heavy atom. The highest BCUT2D eigenvalue weighted by Crippen LogP contribution is 2.74. The lowest BCUT2D eigenvalue weighted by Gasteiger charge is -2.60. The molecule has 1 spiro atoms. The Bertz CT molecular complexity index is 1110. The van der Waals surface area contributed by atoms with Crippen molar-refractivity contribution in [2.45, 2.75) is 110 Å². The lowest BCUT2D eigenvalue weighted by atomic mass is 9.43. The second kappa shape index (κ2) is 9.12. The van der Waals surface area contributed by atoms with E-state index in [4.69, 9.17) is 18.9 Å². The molecule has 39 heavy (non-hydrogen) atoms. The first kappa shape index (κ1) is 27.4. The van der Waals surface area contributed by atoms with Crippen LogP contribution in [0.2, 0.25) is 0 Å². The average molecular weight is 545 g/mol. The summed E-state index contributed by atoms with van der Waals surface area (Å²) in [6.45, 7) is 9.90. The van der Waals surface area contributed by atoms with Gasteiger partial charge in [0.1, 0.15) is 23.6 Å². The van der Waals surface area contributed by atoms with E-state index < -0.39 is 23.2 Å². The van der Waals surface area contributed by atoms with Crippen molar-refractivity contribution in [3.63, 3.8) is 0 Å². The third-order valence-electron chi connectivity index (χ3n) is 12.6. The minimum Gasteiger partial charge on any atom is -0.465 e. The van der Waals surface area contributed by atoms with E-state index in [2.05, 4.69) is 6.92 Å². The molecule has 6 rings (SSSR count). The summed E-state index contributed by atoms with van der Waals surface area (Å²) in [5.74, 6) is 0.588. The van der Waals surface area contributed by atoms with Crippen LogP contribution in [0.25, 0.3) is 0 Å². The molecule has 4 saturated carbocycles. The maximum Gasteiger partial charge on any atom is 0.333 e. The number of hydrogen-bond acceptors (Lipinski definition) is 8. The Balaban J connectivity index is 1.33. The molecule has 1 saturated heterocycles. The fourth-order valence-electron chi connectivity index (χ4n) is 10.3. The zero-order valence-electron chi connectivity index (χ0n) is 24.2. The summed E-state index contributed by atoms with van der Waals surface area (Å²) in [5, 5.41) is 11.3. The molecule has 5 fully saturated rings. The maximum atomic E-state index is 13.8. The highest BCUT2D eigenvalue weighted by molar-refractivity contribution is 5.90. The lowest BCUT2D eigenvalue weighted by molar-refractivity contribution is -0.188. The van der Waals surface area contributed by atoms with Crippen molar-refractivity contribution >= 4 is 17.7 Å². The molecule has 0 bridgehead atoms. The highest BCUT2D eigenvalue weighted by Gasteiger charge is 2.82. The topological polar surface area (TPSA) is 112 Å². The lowest BCUT2D eigenvalue weighted by Crippen LogP contribution is -2.68. The van der Waals surface area contributed by atoms with Gasteiger partial charge < -0.3 is 24.1 Å². The van der Waals surface area contributed by atoms with Gasteiger partial charge in [0.05, 0.1) is 24.2 Å². The number of aliphatic hydroxyl groups excluding tert-OH is 1. The van der Waals surface area contributed by atoms with E-state index >= 15 is 0 Å². The van der Waals surface area contributed by atoms with Crippen LogP contribution < -0.4 is 0 Å². The fourth-order valence-corrected chi connectivity index (χ4v) is 10.3. The van der Waals surface area contributed by atoms with Crippen molar-refractivity contribution < 1.29 is 38.4 Å². The second-order valence-corrected chi connectivity index (χ2v) is 13.7. The van der Waals surface area contributed by atoms with Gasteiger partial charge in [-0.2, -0.15) is 0 Å². The standard InChI is InChI=1S/C31H44O8/c1-15-11-23(38-28(35)16(15)2)17(3)20-7-8-22-19-12-26-31(39-26)27(34)24(36-6)13-25(33)29(31,5)21(19)9-10-30(20,22)14-37-18(4)32/h17,19-24,26-27,34H,7-14H2,1-6H3. The molecule has 8 nitrogen and oxygen atoms in total. The fraction of sp³-hybridized carbons (Fsp3) is 0.839. The Kier molecular flexibility index (Phi) is 6.41. The van der Waals surface area contributed by atoms with Gasteiger partial charge in [-0.25, -0.2) is 4.79 Å². The van der Waals surface area contributed by atoms with E-state index in [1.165, 1.54) is 6.92 Å². The number of fused-ring (bicyclic) bond motifs is 4. The van der Waals surface area contributed by atoms with Crippen molar-refractivity contribution in [2.24, 2.45) is 40.4 Å². The van der Waals surface area contributed by atoms with Gasteiger partial charge in [-0.05, 0) is 82.5 Å². The third-order valence-corrected chi connectivity index (χ3v) is 12.6. The first-order valence-electron chi connectivity index (χ1n) is 14.8. The van der Waals surface area contributed by atoms with Crippen molar-refractivity contribution in [3.05, 3.63) is 11.1 Å². The summed E-state index contributed by atoms with van der Waals surface area (Å²) < 4.78 is 23.6. The SMILES string of the molecule is COC1CC(=O)C2(C)C3CCC4(COC(C)=O)C(C(C)C5CC(C)=C(C)C(=O)O5)CCC4C3CC3OC32C1O. The molecule has 4 aliphatic carbocycles. The third kappa shape index (κ3) is 3.56. The zero-order chi connectivity index (χ0) is 28.1. The molecule has 2 aliphatic heterocycles. The Morgan fingerprint density at radius 3 is 2.56 bits per heavy atom. The summed E-state index contributed by atoms with van der Waals surface area (Å²) >= 11 is 0. The van der Waals surface area contributed by atoms with Crippen LogP contribution in [0.1, 0.15) is 79.6 Å². The quantitative estimate of drug-likeness (QED) is 0.411. The molecule has 2 heterocycles. The van der Waals surface area contributed by atoms with E-state index in [-0.39, 0.29) is 71.4 Å². The smallest absolute Gasteiger partial charge is 0.333 e. The number of aliphatic hydroxyl groups is 1. The number of Topliss-reactive ketones (excluding diaryl/α,β-unsaturated/α-hetero) is 1. The molecular weight excluding hydrogens is 500 g/mol. The largest absolute Gasteiger partial charge is 0.465 e. The van der Waals surface area contributed by atoms with Gasteiger partial charge in [-0.3, -0.25) is 9.59 Å². The monoisotopic (exact) mass is 544 g/mol. The van der Waals surface area contributed by atoms with Crippen LogP contribution >= 0.6 is 0 Å². The molecule has 0 amide bonds. The van der Waals surface area contributed by atoms with Crippen LogP contribution in [0.5, 0.6) is 0 Å². The Labute approximate surface area is 231 Å². The number of esters is 2. The van der Waals surface area contributed by atoms with Gasteiger partial charge in [0, 0.05) is 37.9 Å². The Hall–Kier alpha value is -1.77. The van der Waals surface area contributed by atoms with Crippen LogP contribution in [0.4, 0.5) is 0 Å². The number of cyclic esters (lactones) is 1. The highest BCUT2D eigenvalue weighted by atomic mass is 16.6. The van der Waals surface area contributed by atoms with Crippen LogP contribution in [0.3, 0.4) is 0 Å². The number of rotatable bonds is 5. The first-order valence-corrected chi connectivity index (χ1v) is 14.8. The normalized spacial score (nSPS) is 49.3. The maximum absolute atomic E-state index is 13.8. The van der Waals surface area contributed by atoms with Gasteiger partial charge in [-0.15, -0.1) is 0 Å². The summed E-state index contributed by atoms with van der Waals surface area (Å²) in [6, 6.07) is 0. The van der Waals surface area contributed by atoms with E-state index in [1.807, 2.05) is 20.8 Å². The van der Waals surface area contributed by atoms with E-state index in [0.29, 0.717) is 12.2 Å². The van der Waals surface area contributed by atoms with Crippen molar-refractivity contribution in [2.75, 3.05) is 13.7 Å². The van der Waals surface area contributed by atoms with Crippen LogP contribution in [-0.4, -0.2) is 66.6 Å². The van der Waals surface area contributed by atoms with Crippen LogP contribution in [0.15, 0.2) is 11.1 Å². The minimum absolute atomic E-state index is 0.0982. The van der Waals surface area contributed by atoms with E-state index in [0.717, 1.165) is 44.1 Å². The molecule has 0 aromatic rings. The molecular formula is C31H44O8. The molecule has 0 aromatic carbocycles. The molecule has 0 radical (unpaired) electrons. The second-order valence-electron chi connectivity index (χ2n) is 13.7. The zero-order valence-corrected chi connectivity index (χ0v) is 24.2. The Morgan fingerprint density at radius 1 is 1.15 bits per heavy atom. The number of methoxy groups -OCH3 is 1. The summed E-state index contributed by atoms with van der Waals surface area (Å²) in [7, 11) is 1.55. The number of ether oxygens (including phenoxy) is 4. The van der Waals surface area contributed by atoms with Crippen LogP contribution in [-0.2, 0) is 33.3 Å². The molecule has 12 unspecified atom stereocenters. The number of carbonyl (C=O) groups is 3. The minimum atomic E-state index is -0.858. The molecule has 12 atom stereocenters. The van der Waals surface area contributed by atoms with E-state index in [1.54, 1.807) is 7.11 Å². The van der Waals surface area contributed by atoms with Gasteiger partial charge in [0.2, 0.25) is 0 Å². The molecule has 6 aliphatic rings. The molecule has 0 aromatic heterocycles. The predicted octanol–water partition coefficient (Wildman–Crippen LogP) is 3.77. The van der Waals surface area contributed by atoms with Crippen molar-refractivity contribution in [1.82, 2.24) is 0 Å². The summed E-state index contributed by atoms with van der Waals surface area (Å²) in [6.07, 6.45) is 3.64. The summed E-state index contributed by atoms with van der Waals surface area (Å²) in [4.78, 5) is 38.5. The number of ketones is 1. The van der Waals surface area contributed by atoms with Gasteiger partial charge in [0.25, 0.3) is 0 Å². The van der Waals surface area contributed by atoms with Gasteiger partial charge in [0.15, 0.2) is 0 Å². The van der Waals surface area contributed by atoms with Crippen LogP contribution in [0, 0.1) is 40.4 Å². The number of carbonyl (C=O) groups excluding carboxylic acids is 3. The predicted molar refractivity (Wildman–Crippen MR) is 140 cm³/mol. The molecule has 216 valence electrons. The van der Waals surface area contributed by atoms with Gasteiger partial charge >= 0.3 is 11.9 Å². The van der Waals surface area contributed by atoms with E-state index in [9.17, 15) is 19.5 Å². The average Bonchev–Trinajstić information content (AvgIpc) is 3.52. The van der Waals surface area contributed by atoms with Crippen molar-refractivity contribution in [3.8, 4) is 0 Å². The number of epoxide rings is 1.